The van der Waals surface area contributed by atoms with Crippen LogP contribution in [0.3, 0.4) is 0 Å². The molecule has 0 unspecified atom stereocenters. The molecule has 2 atom stereocenters. The van der Waals surface area contributed by atoms with Crippen molar-refractivity contribution < 1.29 is 28.0 Å². The van der Waals surface area contributed by atoms with Crippen LogP contribution in [0.1, 0.15) is 6.42 Å². The number of phosphoric acid groups is 1. The first-order valence-electron chi connectivity index (χ1n) is 7.78. The number of hydrogen-bond donors (Lipinski definition) is 2. The van der Waals surface area contributed by atoms with Gasteiger partial charge in [-0.1, -0.05) is 36.4 Å². The topological polar surface area (TPSA) is 94.1 Å². The van der Waals surface area contributed by atoms with Gasteiger partial charge in [0.2, 0.25) is 0 Å². The molecule has 2 aromatic carbocycles. The van der Waals surface area contributed by atoms with Gasteiger partial charge in [0.15, 0.2) is 0 Å². The van der Waals surface area contributed by atoms with Gasteiger partial charge in [0.1, 0.15) is 17.5 Å². The quantitative estimate of drug-likeness (QED) is 0.730. The molecule has 25 heavy (non-hydrogen) atoms. The minimum absolute atomic E-state index is 0.176. The summed E-state index contributed by atoms with van der Waals surface area (Å²) in [4.78, 5) is 11.0. The summed E-state index contributed by atoms with van der Waals surface area (Å²) in [7, 11) is -4.00. The molecule has 132 valence electrons. The third kappa shape index (κ3) is 4.82. The molecule has 0 bridgehead atoms. The second-order valence-corrected chi connectivity index (χ2v) is 6.99. The van der Waals surface area contributed by atoms with E-state index in [-0.39, 0.29) is 13.0 Å². The Morgan fingerprint density at radius 3 is 1.96 bits per heavy atom. The fraction of sp³-hybridized carbons (Fsp3) is 0.235. The van der Waals surface area contributed by atoms with E-state index in [0.29, 0.717) is 11.5 Å². The van der Waals surface area contributed by atoms with E-state index in [1.165, 1.54) is 0 Å². The Morgan fingerprint density at radius 1 is 1.00 bits per heavy atom. The Labute approximate surface area is 145 Å². The number of rotatable bonds is 7. The molecule has 8 heteroatoms. The minimum atomic E-state index is -4.00. The third-order valence-electron chi connectivity index (χ3n) is 3.59. The number of para-hydroxylation sites is 2. The molecule has 1 aliphatic heterocycles. The molecule has 0 amide bonds. The molecule has 1 heterocycles. The molecular formula is C17H18NO6P. The second kappa shape index (κ2) is 7.70. The monoisotopic (exact) mass is 363 g/mol. The molecule has 3 rings (SSSR count). The molecule has 7 nitrogen and oxygen atoms in total. The van der Waals surface area contributed by atoms with Crippen molar-refractivity contribution in [1.29, 1.82) is 0 Å². The Hall–Kier alpha value is -2.34. The molecular weight excluding hydrogens is 345 g/mol. The number of aliphatic carboxylic acids is 1. The smallest absolute Gasteiger partial charge is 0.480 e. The largest absolute Gasteiger partial charge is 0.587 e. The van der Waals surface area contributed by atoms with Gasteiger partial charge < -0.3 is 19.5 Å². The van der Waals surface area contributed by atoms with Crippen molar-refractivity contribution in [3.05, 3.63) is 60.7 Å². The summed E-state index contributed by atoms with van der Waals surface area (Å²) in [6.07, 6.45) is -0.422. The number of phosphoric ester groups is 1. The molecule has 1 aliphatic rings. The highest BCUT2D eigenvalue weighted by molar-refractivity contribution is 7.49. The van der Waals surface area contributed by atoms with Gasteiger partial charge in [0.25, 0.3) is 0 Å². The van der Waals surface area contributed by atoms with Gasteiger partial charge in [-0.25, -0.2) is 4.57 Å². The molecule has 0 aromatic heterocycles. The maximum absolute atomic E-state index is 13.1. The maximum atomic E-state index is 13.1. The third-order valence-corrected chi connectivity index (χ3v) is 5.01. The summed E-state index contributed by atoms with van der Waals surface area (Å²) in [5.41, 5.74) is 0. The van der Waals surface area contributed by atoms with E-state index in [1.54, 1.807) is 60.7 Å². The summed E-state index contributed by atoms with van der Waals surface area (Å²) in [5, 5.41) is 11.8. The summed E-state index contributed by atoms with van der Waals surface area (Å²) >= 11 is 0. The number of benzene rings is 2. The van der Waals surface area contributed by atoms with Gasteiger partial charge in [-0.3, -0.25) is 9.32 Å². The predicted octanol–water partition coefficient (Wildman–Crippen LogP) is 3.08. The fourth-order valence-electron chi connectivity index (χ4n) is 2.44. The zero-order chi connectivity index (χ0) is 17.7. The van der Waals surface area contributed by atoms with Crippen LogP contribution in [0.25, 0.3) is 0 Å². The second-order valence-electron chi connectivity index (χ2n) is 5.52. The van der Waals surface area contributed by atoms with E-state index < -0.39 is 25.9 Å². The average Bonchev–Trinajstić information content (AvgIpc) is 3.05. The summed E-state index contributed by atoms with van der Waals surface area (Å²) in [5.74, 6) is -0.307. The van der Waals surface area contributed by atoms with Gasteiger partial charge in [-0.2, -0.15) is 0 Å². The number of carbonyl (C=O) groups is 1. The Balaban J connectivity index is 1.76. The zero-order valence-electron chi connectivity index (χ0n) is 13.3. The maximum Gasteiger partial charge on any atom is 0.587 e. The standard InChI is InChI=1S/C17H18NO6P/c19-17(20)16-11-15(12-18-16)24-25(21,22-13-7-3-1-4-8-13)23-14-9-5-2-6-10-14/h1-10,15-16,18H,11-12H2,(H,19,20)/t15-,16+/m1/s1. The van der Waals surface area contributed by atoms with E-state index in [0.717, 1.165) is 0 Å². The predicted molar refractivity (Wildman–Crippen MR) is 90.7 cm³/mol. The highest BCUT2D eigenvalue weighted by Crippen LogP contribution is 2.51. The first-order valence-corrected chi connectivity index (χ1v) is 9.24. The molecule has 2 N–H and O–H groups in total. The number of carboxylic acid groups (broad SMARTS) is 1. The molecule has 2 aromatic rings. The van der Waals surface area contributed by atoms with Gasteiger partial charge >= 0.3 is 13.8 Å². The van der Waals surface area contributed by atoms with Crippen LogP contribution in [0.15, 0.2) is 60.7 Å². The van der Waals surface area contributed by atoms with Crippen molar-refractivity contribution in [1.82, 2.24) is 5.32 Å². The lowest BCUT2D eigenvalue weighted by Crippen LogP contribution is -2.29. The highest BCUT2D eigenvalue weighted by Gasteiger charge is 2.39. The molecule has 0 saturated carbocycles. The highest BCUT2D eigenvalue weighted by atomic mass is 31.2. The summed E-state index contributed by atoms with van der Waals surface area (Å²) < 4.78 is 29.7. The van der Waals surface area contributed by atoms with Crippen LogP contribution < -0.4 is 14.4 Å². The number of hydrogen-bond acceptors (Lipinski definition) is 6. The van der Waals surface area contributed by atoms with Gasteiger partial charge in [0.05, 0.1) is 6.10 Å². The van der Waals surface area contributed by atoms with Crippen molar-refractivity contribution in [2.24, 2.45) is 0 Å². The van der Waals surface area contributed by atoms with Crippen molar-refractivity contribution in [2.75, 3.05) is 6.54 Å². The van der Waals surface area contributed by atoms with Crippen LogP contribution in [-0.4, -0.2) is 29.8 Å². The molecule has 1 saturated heterocycles. The van der Waals surface area contributed by atoms with Crippen molar-refractivity contribution in [3.63, 3.8) is 0 Å². The normalized spacial score (nSPS) is 20.2. The van der Waals surface area contributed by atoms with Crippen LogP contribution in [0.4, 0.5) is 0 Å². The lowest BCUT2D eigenvalue weighted by Gasteiger charge is -2.21. The first kappa shape index (κ1) is 17.5. The average molecular weight is 363 g/mol. The van der Waals surface area contributed by atoms with Crippen molar-refractivity contribution in [2.45, 2.75) is 18.6 Å². The zero-order valence-corrected chi connectivity index (χ0v) is 14.2. The van der Waals surface area contributed by atoms with E-state index in [1.807, 2.05) is 0 Å². The van der Waals surface area contributed by atoms with E-state index >= 15 is 0 Å². The molecule has 0 aliphatic carbocycles. The Morgan fingerprint density at radius 2 is 1.52 bits per heavy atom. The Kier molecular flexibility index (Phi) is 5.38. The van der Waals surface area contributed by atoms with E-state index in [4.69, 9.17) is 18.7 Å². The lowest BCUT2D eigenvalue weighted by molar-refractivity contribution is -0.139. The number of carboxylic acids is 1. The van der Waals surface area contributed by atoms with E-state index in [2.05, 4.69) is 5.32 Å². The van der Waals surface area contributed by atoms with Crippen molar-refractivity contribution in [3.8, 4) is 11.5 Å². The molecule has 1 fully saturated rings. The number of nitrogens with one attached hydrogen (secondary N) is 1. The van der Waals surface area contributed by atoms with Crippen LogP contribution in [0.5, 0.6) is 11.5 Å². The molecule has 0 radical (unpaired) electrons. The van der Waals surface area contributed by atoms with Crippen molar-refractivity contribution >= 4 is 13.8 Å². The molecule has 0 spiro atoms. The minimum Gasteiger partial charge on any atom is -0.480 e. The van der Waals surface area contributed by atoms with Crippen LogP contribution in [-0.2, 0) is 13.9 Å². The van der Waals surface area contributed by atoms with Crippen LogP contribution in [0, 0.1) is 0 Å². The summed E-state index contributed by atoms with van der Waals surface area (Å²) in [6, 6.07) is 16.3. The van der Waals surface area contributed by atoms with Gasteiger partial charge in [-0.15, -0.1) is 0 Å². The Bertz CT molecular complexity index is 709. The first-order chi connectivity index (χ1) is 12.0. The van der Waals surface area contributed by atoms with Gasteiger partial charge in [0, 0.05) is 13.0 Å². The van der Waals surface area contributed by atoms with Gasteiger partial charge in [-0.05, 0) is 24.3 Å². The SMILES string of the molecule is O=C(O)[C@@H]1C[C@@H](OP(=O)(Oc2ccccc2)Oc2ccccc2)CN1. The lowest BCUT2D eigenvalue weighted by atomic mass is 10.2. The van der Waals surface area contributed by atoms with E-state index in [9.17, 15) is 9.36 Å². The summed E-state index contributed by atoms with van der Waals surface area (Å²) in [6.45, 7) is 0.247. The van der Waals surface area contributed by atoms with Crippen LogP contribution >= 0.6 is 7.82 Å². The fourth-order valence-corrected chi connectivity index (χ4v) is 3.85. The van der Waals surface area contributed by atoms with Crippen LogP contribution in [0.2, 0.25) is 0 Å².